The van der Waals surface area contributed by atoms with E-state index in [1.807, 2.05) is 4.90 Å². The number of piperazine rings is 2. The third kappa shape index (κ3) is 2.72. The lowest BCUT2D eigenvalue weighted by Crippen LogP contribution is -2.46. The minimum Gasteiger partial charge on any atom is -0.382 e. The molecule has 0 aliphatic carbocycles. The van der Waals surface area contributed by atoms with E-state index in [0.29, 0.717) is 10.7 Å². The monoisotopic (exact) mass is 296 g/mol. The van der Waals surface area contributed by atoms with Crippen LogP contribution in [0.3, 0.4) is 0 Å². The van der Waals surface area contributed by atoms with E-state index in [0.717, 1.165) is 57.5 Å². The average Bonchev–Trinajstić information content (AvgIpc) is 2.90. The molecular weight excluding hydrogens is 276 g/mol. The standard InChI is InChI=1S/C12H20N6OS/c13-10-9(11(19)17-5-1-14-2-6-17)20-12(16-10)18-7-3-15-4-8-18/h14-15H,1-8,13H2. The van der Waals surface area contributed by atoms with E-state index < -0.39 is 0 Å². The van der Waals surface area contributed by atoms with Crippen molar-refractivity contribution in [1.82, 2.24) is 20.5 Å². The van der Waals surface area contributed by atoms with E-state index in [-0.39, 0.29) is 5.91 Å². The van der Waals surface area contributed by atoms with Crippen molar-refractivity contribution >= 4 is 28.2 Å². The highest BCUT2D eigenvalue weighted by atomic mass is 32.1. The Kier molecular flexibility index (Phi) is 4.04. The third-order valence-corrected chi connectivity index (χ3v) is 4.75. The van der Waals surface area contributed by atoms with Crippen LogP contribution in [0, 0.1) is 0 Å². The van der Waals surface area contributed by atoms with Gasteiger partial charge in [-0.1, -0.05) is 11.3 Å². The Morgan fingerprint density at radius 2 is 1.70 bits per heavy atom. The number of nitrogen functional groups attached to an aromatic ring is 1. The second-order valence-electron chi connectivity index (χ2n) is 4.99. The molecule has 0 unspecified atom stereocenters. The second-order valence-corrected chi connectivity index (χ2v) is 5.97. The summed E-state index contributed by atoms with van der Waals surface area (Å²) in [7, 11) is 0. The molecule has 1 aromatic heterocycles. The number of hydrogen-bond acceptors (Lipinski definition) is 7. The first-order chi connectivity index (χ1) is 9.75. The molecule has 0 bridgehead atoms. The number of nitrogens with zero attached hydrogens (tertiary/aromatic N) is 3. The number of rotatable bonds is 2. The molecule has 1 amide bonds. The minimum absolute atomic E-state index is 0.0166. The summed E-state index contributed by atoms with van der Waals surface area (Å²) in [6.07, 6.45) is 0. The molecule has 2 fully saturated rings. The van der Waals surface area contributed by atoms with E-state index in [2.05, 4.69) is 20.5 Å². The van der Waals surface area contributed by atoms with Crippen molar-refractivity contribution in [3.8, 4) is 0 Å². The fourth-order valence-electron chi connectivity index (χ4n) is 2.48. The fourth-order valence-corrected chi connectivity index (χ4v) is 3.48. The molecule has 2 saturated heterocycles. The highest BCUT2D eigenvalue weighted by molar-refractivity contribution is 7.18. The van der Waals surface area contributed by atoms with E-state index in [1.165, 1.54) is 11.3 Å². The quantitative estimate of drug-likeness (QED) is 0.661. The van der Waals surface area contributed by atoms with Gasteiger partial charge in [0.25, 0.3) is 5.91 Å². The van der Waals surface area contributed by atoms with Gasteiger partial charge in [-0.15, -0.1) is 0 Å². The Labute approximate surface area is 122 Å². The summed E-state index contributed by atoms with van der Waals surface area (Å²) in [5, 5.41) is 7.41. The van der Waals surface area contributed by atoms with Crippen LogP contribution in [0.1, 0.15) is 9.67 Å². The Balaban J connectivity index is 1.75. The van der Waals surface area contributed by atoms with Crippen molar-refractivity contribution in [3.05, 3.63) is 4.88 Å². The Morgan fingerprint density at radius 1 is 1.10 bits per heavy atom. The first kappa shape index (κ1) is 13.6. The summed E-state index contributed by atoms with van der Waals surface area (Å²) in [4.78, 5) is 21.5. The van der Waals surface area contributed by atoms with Gasteiger partial charge < -0.3 is 26.2 Å². The first-order valence-electron chi connectivity index (χ1n) is 6.97. The number of nitrogens with two attached hydrogens (primary N) is 1. The number of amides is 1. The van der Waals surface area contributed by atoms with Crippen molar-refractivity contribution < 1.29 is 4.79 Å². The van der Waals surface area contributed by atoms with Crippen LogP contribution in [0.5, 0.6) is 0 Å². The Bertz CT molecular complexity index is 478. The maximum absolute atomic E-state index is 12.5. The molecule has 3 heterocycles. The maximum atomic E-state index is 12.5. The van der Waals surface area contributed by atoms with Crippen molar-refractivity contribution in [2.75, 3.05) is 63.0 Å². The zero-order chi connectivity index (χ0) is 13.9. The van der Waals surface area contributed by atoms with Crippen LogP contribution < -0.4 is 21.3 Å². The van der Waals surface area contributed by atoms with Gasteiger partial charge >= 0.3 is 0 Å². The predicted molar refractivity (Wildman–Crippen MR) is 80.4 cm³/mol. The lowest BCUT2D eigenvalue weighted by Gasteiger charge is -2.27. The second kappa shape index (κ2) is 5.94. The minimum atomic E-state index is 0.0166. The molecule has 0 radical (unpaired) electrons. The van der Waals surface area contributed by atoms with Crippen LogP contribution in [0.2, 0.25) is 0 Å². The number of nitrogens with one attached hydrogen (secondary N) is 2. The summed E-state index contributed by atoms with van der Waals surface area (Å²) in [5.41, 5.74) is 5.95. The molecule has 8 heteroatoms. The van der Waals surface area contributed by atoms with E-state index in [1.54, 1.807) is 0 Å². The van der Waals surface area contributed by atoms with Gasteiger partial charge in [0, 0.05) is 52.4 Å². The molecule has 4 N–H and O–H groups in total. The first-order valence-corrected chi connectivity index (χ1v) is 7.79. The number of carbonyl (C=O) groups is 1. The number of thiazole rings is 1. The van der Waals surface area contributed by atoms with E-state index >= 15 is 0 Å². The van der Waals surface area contributed by atoms with Crippen molar-refractivity contribution in [2.24, 2.45) is 0 Å². The number of hydrogen-bond donors (Lipinski definition) is 3. The Morgan fingerprint density at radius 3 is 2.35 bits per heavy atom. The van der Waals surface area contributed by atoms with Crippen LogP contribution in [0.4, 0.5) is 10.9 Å². The van der Waals surface area contributed by atoms with Crippen LogP contribution in [-0.4, -0.2) is 68.1 Å². The zero-order valence-electron chi connectivity index (χ0n) is 11.4. The molecule has 1 aromatic rings. The molecule has 20 heavy (non-hydrogen) atoms. The molecular formula is C12H20N6OS. The zero-order valence-corrected chi connectivity index (χ0v) is 12.2. The smallest absolute Gasteiger partial charge is 0.267 e. The SMILES string of the molecule is Nc1nc(N2CCNCC2)sc1C(=O)N1CCNCC1. The average molecular weight is 296 g/mol. The third-order valence-electron chi connectivity index (χ3n) is 3.63. The van der Waals surface area contributed by atoms with E-state index in [4.69, 9.17) is 5.73 Å². The van der Waals surface area contributed by atoms with Crippen LogP contribution in [0.25, 0.3) is 0 Å². The summed E-state index contributed by atoms with van der Waals surface area (Å²) in [5.74, 6) is 0.384. The van der Waals surface area contributed by atoms with Crippen LogP contribution in [0.15, 0.2) is 0 Å². The highest BCUT2D eigenvalue weighted by Gasteiger charge is 2.25. The van der Waals surface area contributed by atoms with Crippen molar-refractivity contribution in [2.45, 2.75) is 0 Å². The summed E-state index contributed by atoms with van der Waals surface area (Å²) < 4.78 is 0. The topological polar surface area (TPSA) is 86.5 Å². The molecule has 7 nitrogen and oxygen atoms in total. The van der Waals surface area contributed by atoms with Crippen molar-refractivity contribution in [1.29, 1.82) is 0 Å². The van der Waals surface area contributed by atoms with Gasteiger partial charge in [-0.25, -0.2) is 4.98 Å². The van der Waals surface area contributed by atoms with Gasteiger partial charge in [-0.2, -0.15) is 0 Å². The van der Waals surface area contributed by atoms with Gasteiger partial charge in [0.1, 0.15) is 10.7 Å². The van der Waals surface area contributed by atoms with Crippen LogP contribution >= 0.6 is 11.3 Å². The van der Waals surface area contributed by atoms with Gasteiger partial charge in [-0.3, -0.25) is 4.79 Å². The number of aromatic nitrogens is 1. The number of anilines is 2. The normalized spacial score (nSPS) is 20.2. The van der Waals surface area contributed by atoms with E-state index in [9.17, 15) is 4.79 Å². The van der Waals surface area contributed by atoms with Gasteiger partial charge in [0.05, 0.1) is 0 Å². The molecule has 0 saturated carbocycles. The largest absolute Gasteiger partial charge is 0.382 e. The Hall–Kier alpha value is -1.38. The molecule has 2 aliphatic rings. The van der Waals surface area contributed by atoms with Crippen LogP contribution in [-0.2, 0) is 0 Å². The number of carbonyl (C=O) groups excluding carboxylic acids is 1. The molecule has 0 aromatic carbocycles. The summed E-state index contributed by atoms with van der Waals surface area (Å²) >= 11 is 1.42. The van der Waals surface area contributed by atoms with Gasteiger partial charge in [-0.05, 0) is 0 Å². The molecule has 2 aliphatic heterocycles. The highest BCUT2D eigenvalue weighted by Crippen LogP contribution is 2.29. The fraction of sp³-hybridized carbons (Fsp3) is 0.667. The predicted octanol–water partition coefficient (Wildman–Crippen LogP) is -0.820. The summed E-state index contributed by atoms with van der Waals surface area (Å²) in [6.45, 7) is 6.87. The summed E-state index contributed by atoms with van der Waals surface area (Å²) in [6, 6.07) is 0. The molecule has 3 rings (SSSR count). The molecule has 0 atom stereocenters. The van der Waals surface area contributed by atoms with Crippen molar-refractivity contribution in [3.63, 3.8) is 0 Å². The molecule has 0 spiro atoms. The maximum Gasteiger partial charge on any atom is 0.267 e. The lowest BCUT2D eigenvalue weighted by molar-refractivity contribution is 0.0741. The van der Waals surface area contributed by atoms with Gasteiger partial charge in [0.2, 0.25) is 0 Å². The van der Waals surface area contributed by atoms with Gasteiger partial charge in [0.15, 0.2) is 5.13 Å². The molecule has 110 valence electrons. The lowest BCUT2D eigenvalue weighted by atomic mass is 10.3.